The Kier molecular flexibility index (Phi) is 2.67. The second kappa shape index (κ2) is 4.13. The van der Waals surface area contributed by atoms with Crippen LogP contribution in [0.2, 0.25) is 0 Å². The molecule has 0 aliphatic rings. The van der Waals surface area contributed by atoms with Gasteiger partial charge >= 0.3 is 5.97 Å². The molecule has 7 heteroatoms. The Bertz CT molecular complexity index is 522. The van der Waals surface area contributed by atoms with Crippen LogP contribution >= 0.6 is 0 Å². The molecule has 0 aliphatic carbocycles. The van der Waals surface area contributed by atoms with Crippen LogP contribution in [-0.2, 0) is 16.0 Å². The minimum absolute atomic E-state index is 0.0169. The summed E-state index contributed by atoms with van der Waals surface area (Å²) in [5.41, 5.74) is 0.810. The molecule has 84 valence electrons. The summed E-state index contributed by atoms with van der Waals surface area (Å²) in [6, 6.07) is 1.36. The monoisotopic (exact) mass is 222 g/mol. The van der Waals surface area contributed by atoms with Gasteiger partial charge < -0.3 is 9.84 Å². The number of aromatic nitrogens is 4. The van der Waals surface area contributed by atoms with Crippen molar-refractivity contribution in [3.8, 4) is 5.88 Å². The number of esters is 1. The molecule has 1 N–H and O–H groups in total. The number of hydrogen-bond donors (Lipinski definition) is 1. The Labute approximate surface area is 90.7 Å². The molecule has 0 spiro atoms. The number of ether oxygens (including phenoxy) is 1. The van der Waals surface area contributed by atoms with Gasteiger partial charge in [-0.25, -0.2) is 4.98 Å². The van der Waals surface area contributed by atoms with Crippen molar-refractivity contribution in [2.75, 3.05) is 6.61 Å². The molecule has 0 bridgehead atoms. The van der Waals surface area contributed by atoms with Gasteiger partial charge in [-0.1, -0.05) is 5.21 Å². The lowest BCUT2D eigenvalue weighted by atomic mass is 10.3. The summed E-state index contributed by atoms with van der Waals surface area (Å²) in [5, 5.41) is 16.8. The highest BCUT2D eigenvalue weighted by atomic mass is 16.5. The predicted molar refractivity (Wildman–Crippen MR) is 52.8 cm³/mol. The van der Waals surface area contributed by atoms with E-state index < -0.39 is 0 Å². The maximum absolute atomic E-state index is 11.2. The summed E-state index contributed by atoms with van der Waals surface area (Å²) in [6.07, 6.45) is 1.41. The molecule has 0 aliphatic heterocycles. The lowest BCUT2D eigenvalue weighted by molar-refractivity contribution is -0.142. The lowest BCUT2D eigenvalue weighted by Gasteiger charge is -2.02. The average molecular weight is 222 g/mol. The van der Waals surface area contributed by atoms with E-state index >= 15 is 0 Å². The molecule has 7 nitrogen and oxygen atoms in total. The van der Waals surface area contributed by atoms with Gasteiger partial charge in [0.15, 0.2) is 5.65 Å². The minimum atomic E-state index is -0.383. The van der Waals surface area contributed by atoms with E-state index in [1.54, 1.807) is 6.92 Å². The van der Waals surface area contributed by atoms with Crippen LogP contribution in [0.1, 0.15) is 12.6 Å². The topological polar surface area (TPSA) is 89.6 Å². The molecule has 0 fully saturated rings. The molecule has 0 saturated carbocycles. The quantitative estimate of drug-likeness (QED) is 0.731. The lowest BCUT2D eigenvalue weighted by Crippen LogP contribution is -2.09. The fourth-order valence-corrected chi connectivity index (χ4v) is 1.31. The van der Waals surface area contributed by atoms with Gasteiger partial charge in [0, 0.05) is 6.07 Å². The molecule has 0 aromatic carbocycles. The fraction of sp³-hybridized carbons (Fsp3) is 0.333. The van der Waals surface area contributed by atoms with Crippen molar-refractivity contribution in [2.45, 2.75) is 13.3 Å². The zero-order chi connectivity index (χ0) is 11.5. The van der Waals surface area contributed by atoms with Crippen molar-refractivity contribution in [1.29, 1.82) is 0 Å². The molecular weight excluding hydrogens is 212 g/mol. The largest absolute Gasteiger partial charge is 0.493 e. The normalized spacial score (nSPS) is 10.6. The highest BCUT2D eigenvalue weighted by Gasteiger charge is 2.10. The summed E-state index contributed by atoms with van der Waals surface area (Å²) in [6.45, 7) is 2.05. The zero-order valence-electron chi connectivity index (χ0n) is 8.62. The van der Waals surface area contributed by atoms with Gasteiger partial charge in [-0.2, -0.15) is 4.52 Å². The Balaban J connectivity index is 2.28. The van der Waals surface area contributed by atoms with Gasteiger partial charge in [0.05, 0.1) is 24.9 Å². The molecule has 0 unspecified atom stereocenters. The first-order valence-electron chi connectivity index (χ1n) is 4.75. The van der Waals surface area contributed by atoms with Crippen molar-refractivity contribution < 1.29 is 14.6 Å². The van der Waals surface area contributed by atoms with E-state index in [1.807, 2.05) is 0 Å². The fourth-order valence-electron chi connectivity index (χ4n) is 1.31. The second-order valence-corrected chi connectivity index (χ2v) is 3.09. The highest BCUT2D eigenvalue weighted by molar-refractivity contribution is 5.72. The second-order valence-electron chi connectivity index (χ2n) is 3.09. The van der Waals surface area contributed by atoms with Crippen LogP contribution in [-0.4, -0.2) is 37.5 Å². The van der Waals surface area contributed by atoms with Gasteiger partial charge in [0.2, 0.25) is 5.88 Å². The summed E-state index contributed by atoms with van der Waals surface area (Å²) >= 11 is 0. The Hall–Kier alpha value is -2.18. The number of hydrogen-bond acceptors (Lipinski definition) is 6. The number of carbonyl (C=O) groups excluding carboxylic acids is 1. The molecule has 2 aromatic heterocycles. The van der Waals surface area contributed by atoms with E-state index in [-0.39, 0.29) is 18.3 Å². The minimum Gasteiger partial charge on any atom is -0.493 e. The molecule has 16 heavy (non-hydrogen) atoms. The first-order chi connectivity index (χ1) is 7.70. The number of carbonyl (C=O) groups is 1. The molecule has 0 amide bonds. The highest BCUT2D eigenvalue weighted by Crippen LogP contribution is 2.12. The zero-order valence-corrected chi connectivity index (χ0v) is 8.62. The van der Waals surface area contributed by atoms with Gasteiger partial charge in [0.1, 0.15) is 0 Å². The standard InChI is InChI=1S/C9H10N4O3/c1-2-16-9(15)4-6-3-8(14)13-7(11-6)5-10-12-13/h3,5,14H,2,4H2,1H3. The maximum Gasteiger partial charge on any atom is 0.311 e. The van der Waals surface area contributed by atoms with E-state index in [0.717, 1.165) is 0 Å². The molecule has 0 radical (unpaired) electrons. The smallest absolute Gasteiger partial charge is 0.311 e. The van der Waals surface area contributed by atoms with Crippen molar-refractivity contribution in [3.63, 3.8) is 0 Å². The first-order valence-corrected chi connectivity index (χ1v) is 4.75. The van der Waals surface area contributed by atoms with E-state index in [4.69, 9.17) is 4.74 Å². The van der Waals surface area contributed by atoms with Gasteiger partial charge in [0.25, 0.3) is 0 Å². The third-order valence-electron chi connectivity index (χ3n) is 1.93. The Morgan fingerprint density at radius 2 is 2.44 bits per heavy atom. The van der Waals surface area contributed by atoms with Crippen LogP contribution in [0.4, 0.5) is 0 Å². The van der Waals surface area contributed by atoms with Crippen molar-refractivity contribution in [3.05, 3.63) is 18.0 Å². The van der Waals surface area contributed by atoms with Crippen LogP contribution in [0.3, 0.4) is 0 Å². The SMILES string of the molecule is CCOC(=O)Cc1cc(O)n2nncc2n1. The third kappa shape index (κ3) is 1.92. The van der Waals surface area contributed by atoms with E-state index in [1.165, 1.54) is 16.8 Å². The Morgan fingerprint density at radius 1 is 1.62 bits per heavy atom. The van der Waals surface area contributed by atoms with Gasteiger partial charge in [-0.3, -0.25) is 4.79 Å². The number of fused-ring (bicyclic) bond motifs is 1. The third-order valence-corrected chi connectivity index (χ3v) is 1.93. The van der Waals surface area contributed by atoms with Crippen LogP contribution in [0.25, 0.3) is 5.65 Å². The van der Waals surface area contributed by atoms with Crippen LogP contribution < -0.4 is 0 Å². The van der Waals surface area contributed by atoms with E-state index in [2.05, 4.69) is 15.3 Å². The van der Waals surface area contributed by atoms with E-state index in [0.29, 0.717) is 17.9 Å². The predicted octanol–water partition coefficient (Wildman–Crippen LogP) is -0.0645. The molecular formula is C9H10N4O3. The van der Waals surface area contributed by atoms with Crippen LogP contribution in [0, 0.1) is 0 Å². The average Bonchev–Trinajstić information content (AvgIpc) is 2.66. The molecule has 2 aromatic rings. The summed E-state index contributed by atoms with van der Waals surface area (Å²) < 4.78 is 5.96. The van der Waals surface area contributed by atoms with Crippen molar-refractivity contribution in [2.24, 2.45) is 0 Å². The molecule has 2 rings (SSSR count). The van der Waals surface area contributed by atoms with Gasteiger partial charge in [-0.15, -0.1) is 5.10 Å². The van der Waals surface area contributed by atoms with Crippen LogP contribution in [0.5, 0.6) is 5.88 Å². The molecule has 0 saturated heterocycles. The van der Waals surface area contributed by atoms with E-state index in [9.17, 15) is 9.90 Å². The summed E-state index contributed by atoms with van der Waals surface area (Å²) in [4.78, 5) is 15.3. The Morgan fingerprint density at radius 3 is 3.19 bits per heavy atom. The number of aromatic hydroxyl groups is 1. The first kappa shape index (κ1) is 10.3. The van der Waals surface area contributed by atoms with Crippen molar-refractivity contribution in [1.82, 2.24) is 19.8 Å². The number of rotatable bonds is 3. The van der Waals surface area contributed by atoms with Crippen LogP contribution in [0.15, 0.2) is 12.3 Å². The summed E-state index contributed by atoms with van der Waals surface area (Å²) in [7, 11) is 0. The van der Waals surface area contributed by atoms with Gasteiger partial charge in [-0.05, 0) is 6.92 Å². The summed E-state index contributed by atoms with van der Waals surface area (Å²) in [5.74, 6) is -0.493. The molecule has 2 heterocycles. The maximum atomic E-state index is 11.2. The molecule has 0 atom stereocenters. The van der Waals surface area contributed by atoms with Crippen molar-refractivity contribution >= 4 is 11.6 Å². The number of nitrogens with zero attached hydrogens (tertiary/aromatic N) is 4.